The van der Waals surface area contributed by atoms with Gasteiger partial charge in [0.15, 0.2) is 11.5 Å². The van der Waals surface area contributed by atoms with Crippen molar-refractivity contribution in [2.24, 2.45) is 5.92 Å². The summed E-state index contributed by atoms with van der Waals surface area (Å²) in [6, 6.07) is 11.9. The number of fused-ring (bicyclic) bond motifs is 1. The maximum absolute atomic E-state index is 13.1. The Morgan fingerprint density at radius 1 is 1.13 bits per heavy atom. The molecule has 2 aromatic carbocycles. The van der Waals surface area contributed by atoms with Gasteiger partial charge in [-0.2, -0.15) is 0 Å². The van der Waals surface area contributed by atoms with Crippen LogP contribution in [-0.4, -0.2) is 44.5 Å². The van der Waals surface area contributed by atoms with Crippen molar-refractivity contribution in [3.63, 3.8) is 0 Å². The van der Waals surface area contributed by atoms with Gasteiger partial charge in [-0.15, -0.1) is 0 Å². The van der Waals surface area contributed by atoms with E-state index in [0.717, 1.165) is 24.1 Å². The van der Waals surface area contributed by atoms with Crippen molar-refractivity contribution < 1.29 is 19.1 Å². The Bertz CT molecular complexity index is 972. The maximum Gasteiger partial charge on any atom is 0.228 e. The van der Waals surface area contributed by atoms with Gasteiger partial charge < -0.3 is 19.3 Å². The molecular formula is C24H28N2O4. The summed E-state index contributed by atoms with van der Waals surface area (Å²) >= 11 is 0. The smallest absolute Gasteiger partial charge is 0.228 e. The number of ether oxygens (including phenoxy) is 2. The Balaban J connectivity index is 1.46. The highest BCUT2D eigenvalue weighted by molar-refractivity contribution is 6.00. The van der Waals surface area contributed by atoms with Gasteiger partial charge in [0.05, 0.1) is 20.1 Å². The number of hydrogen-bond donors (Lipinski definition) is 0. The highest BCUT2D eigenvalue weighted by Gasteiger charge is 2.37. The van der Waals surface area contributed by atoms with Crippen LogP contribution in [0.25, 0.3) is 0 Å². The number of amides is 2. The maximum atomic E-state index is 13.1. The van der Waals surface area contributed by atoms with Gasteiger partial charge >= 0.3 is 0 Å². The van der Waals surface area contributed by atoms with E-state index in [1.165, 1.54) is 17.5 Å². The number of nitrogens with zero attached hydrogens (tertiary/aromatic N) is 2. The van der Waals surface area contributed by atoms with Gasteiger partial charge in [0.25, 0.3) is 0 Å². The Labute approximate surface area is 177 Å². The number of rotatable bonds is 6. The number of hydrogen-bond acceptors (Lipinski definition) is 4. The number of benzene rings is 2. The van der Waals surface area contributed by atoms with Crippen molar-refractivity contribution in [3.8, 4) is 11.5 Å². The van der Waals surface area contributed by atoms with Gasteiger partial charge in [-0.25, -0.2) is 0 Å². The van der Waals surface area contributed by atoms with Crippen molar-refractivity contribution in [2.45, 2.75) is 32.2 Å². The quantitative estimate of drug-likeness (QED) is 0.737. The summed E-state index contributed by atoms with van der Waals surface area (Å²) in [4.78, 5) is 29.2. The van der Waals surface area contributed by atoms with Crippen LogP contribution >= 0.6 is 0 Å². The molecule has 1 unspecified atom stereocenters. The highest BCUT2D eigenvalue weighted by Crippen LogP contribution is 2.33. The molecule has 1 heterocycles. The van der Waals surface area contributed by atoms with Crippen LogP contribution in [0.4, 0.5) is 5.69 Å². The van der Waals surface area contributed by atoms with Crippen molar-refractivity contribution in [3.05, 3.63) is 53.1 Å². The lowest BCUT2D eigenvalue weighted by molar-refractivity contribution is -0.135. The molecule has 4 rings (SSSR count). The number of methoxy groups -OCH3 is 2. The third-order valence-corrected chi connectivity index (χ3v) is 6.14. The molecule has 1 aliphatic carbocycles. The van der Waals surface area contributed by atoms with Gasteiger partial charge in [-0.1, -0.05) is 18.2 Å². The van der Waals surface area contributed by atoms with E-state index in [0.29, 0.717) is 24.6 Å². The van der Waals surface area contributed by atoms with E-state index in [1.807, 2.05) is 24.3 Å². The summed E-state index contributed by atoms with van der Waals surface area (Å²) in [5.74, 6) is 0.902. The molecule has 30 heavy (non-hydrogen) atoms. The summed E-state index contributed by atoms with van der Waals surface area (Å²) in [5.41, 5.74) is 4.49. The van der Waals surface area contributed by atoms with E-state index in [2.05, 4.69) is 12.1 Å². The minimum absolute atomic E-state index is 0.0126. The first-order valence-corrected chi connectivity index (χ1v) is 10.4. The lowest BCUT2D eigenvalue weighted by atomic mass is 10.1. The lowest BCUT2D eigenvalue weighted by Gasteiger charge is -2.23. The normalized spacial score (nSPS) is 17.8. The molecule has 158 valence electrons. The third kappa shape index (κ3) is 3.74. The van der Waals surface area contributed by atoms with Crippen LogP contribution in [0.2, 0.25) is 0 Å². The lowest BCUT2D eigenvalue weighted by Crippen LogP contribution is -2.34. The number of aryl methyl sites for hydroxylation is 2. The predicted molar refractivity (Wildman–Crippen MR) is 115 cm³/mol. The molecule has 2 aliphatic rings. The Morgan fingerprint density at radius 3 is 2.70 bits per heavy atom. The minimum Gasteiger partial charge on any atom is -0.493 e. The molecule has 0 bridgehead atoms. The molecule has 2 aromatic rings. The topological polar surface area (TPSA) is 59.1 Å². The van der Waals surface area contributed by atoms with Crippen molar-refractivity contribution in [2.75, 3.05) is 32.7 Å². The zero-order valence-corrected chi connectivity index (χ0v) is 17.8. The molecule has 0 spiro atoms. The number of carbonyl (C=O) groups excluding carboxylic acids is 2. The molecule has 6 heteroatoms. The zero-order chi connectivity index (χ0) is 21.3. The molecular weight excluding hydrogens is 380 g/mol. The second-order valence-electron chi connectivity index (χ2n) is 8.06. The van der Waals surface area contributed by atoms with Gasteiger partial charge in [-0.05, 0) is 48.6 Å². The molecule has 1 saturated heterocycles. The van der Waals surface area contributed by atoms with E-state index in [-0.39, 0.29) is 24.2 Å². The van der Waals surface area contributed by atoms with Crippen molar-refractivity contribution in [1.29, 1.82) is 0 Å². The van der Waals surface area contributed by atoms with Gasteiger partial charge in [0.1, 0.15) is 0 Å². The predicted octanol–water partition coefficient (Wildman–Crippen LogP) is 3.20. The Kier molecular flexibility index (Phi) is 5.66. The molecule has 0 aromatic heterocycles. The molecule has 1 aliphatic heterocycles. The van der Waals surface area contributed by atoms with Crippen LogP contribution in [0.1, 0.15) is 29.5 Å². The largest absolute Gasteiger partial charge is 0.493 e. The van der Waals surface area contributed by atoms with Crippen LogP contribution < -0.4 is 14.4 Å². The average Bonchev–Trinajstić information content (AvgIpc) is 3.38. The molecule has 0 saturated carbocycles. The van der Waals surface area contributed by atoms with E-state index in [9.17, 15) is 9.59 Å². The third-order valence-electron chi connectivity index (χ3n) is 6.14. The van der Waals surface area contributed by atoms with Gasteiger partial charge in [-0.3, -0.25) is 9.59 Å². The number of anilines is 1. The molecule has 0 N–H and O–H groups in total. The van der Waals surface area contributed by atoms with Crippen molar-refractivity contribution >= 4 is 17.5 Å². The van der Waals surface area contributed by atoms with Crippen LogP contribution in [-0.2, 0) is 29.0 Å². The van der Waals surface area contributed by atoms with Crippen LogP contribution in [0.5, 0.6) is 11.5 Å². The fourth-order valence-corrected chi connectivity index (χ4v) is 4.57. The first kappa shape index (κ1) is 20.3. The standard InChI is InChI=1S/C24H28N2O4/c1-25(14-18-8-5-9-21(29-2)23(18)30-3)24(28)19-13-22(27)26(15-19)20-11-10-16-6-4-7-17(16)12-20/h5,8-12,19H,4,6-7,13-15H2,1-3H3. The van der Waals surface area contributed by atoms with Crippen LogP contribution in [0.3, 0.4) is 0 Å². The molecule has 1 fully saturated rings. The number of carbonyl (C=O) groups is 2. The van der Waals surface area contributed by atoms with E-state index < -0.39 is 0 Å². The second kappa shape index (κ2) is 8.38. The average molecular weight is 408 g/mol. The minimum atomic E-state index is -0.340. The summed E-state index contributed by atoms with van der Waals surface area (Å²) in [6.45, 7) is 0.818. The van der Waals surface area contributed by atoms with Crippen LogP contribution in [0.15, 0.2) is 36.4 Å². The Morgan fingerprint density at radius 2 is 1.93 bits per heavy atom. The summed E-state index contributed by atoms with van der Waals surface area (Å²) in [5, 5.41) is 0. The summed E-state index contributed by atoms with van der Waals surface area (Å²) in [7, 11) is 4.95. The summed E-state index contributed by atoms with van der Waals surface area (Å²) < 4.78 is 10.8. The monoisotopic (exact) mass is 408 g/mol. The first-order chi connectivity index (χ1) is 14.5. The van der Waals surface area contributed by atoms with E-state index in [4.69, 9.17) is 9.47 Å². The van der Waals surface area contributed by atoms with Crippen LogP contribution in [0, 0.1) is 5.92 Å². The first-order valence-electron chi connectivity index (χ1n) is 10.4. The van der Waals surface area contributed by atoms with Crippen molar-refractivity contribution in [1.82, 2.24) is 4.90 Å². The summed E-state index contributed by atoms with van der Waals surface area (Å²) in [6.07, 6.45) is 3.60. The van der Waals surface area contributed by atoms with Gasteiger partial charge in [0.2, 0.25) is 11.8 Å². The number of para-hydroxylation sites is 1. The fraction of sp³-hybridized carbons (Fsp3) is 0.417. The molecule has 2 amide bonds. The van der Waals surface area contributed by atoms with E-state index >= 15 is 0 Å². The second-order valence-corrected chi connectivity index (χ2v) is 8.06. The molecule has 1 atom stereocenters. The van der Waals surface area contributed by atoms with Gasteiger partial charge in [0, 0.05) is 37.8 Å². The molecule has 6 nitrogen and oxygen atoms in total. The van der Waals surface area contributed by atoms with E-state index in [1.54, 1.807) is 31.1 Å². The molecule has 0 radical (unpaired) electrons. The fourth-order valence-electron chi connectivity index (χ4n) is 4.57. The Hall–Kier alpha value is -3.02. The highest BCUT2D eigenvalue weighted by atomic mass is 16.5. The zero-order valence-electron chi connectivity index (χ0n) is 17.8. The SMILES string of the molecule is COc1cccc(CN(C)C(=O)C2CC(=O)N(c3ccc4c(c3)CCC4)C2)c1OC.